The largest absolute Gasteiger partial charge is 0.344 e. The third kappa shape index (κ3) is 3.19. The predicted molar refractivity (Wildman–Crippen MR) is 81.5 cm³/mol. The Morgan fingerprint density at radius 1 is 1.00 bits per heavy atom. The van der Waals surface area contributed by atoms with Crippen LogP contribution in [-0.4, -0.2) is 36.5 Å². The van der Waals surface area contributed by atoms with Gasteiger partial charge in [0.15, 0.2) is 0 Å². The van der Waals surface area contributed by atoms with Crippen LogP contribution in [0.1, 0.15) is 64.2 Å². The fourth-order valence-electron chi connectivity index (χ4n) is 4.63. The molecule has 1 saturated heterocycles. The van der Waals surface area contributed by atoms with Gasteiger partial charge < -0.3 is 10.2 Å². The Hall–Kier alpha value is -0.570. The van der Waals surface area contributed by atoms with Crippen LogP contribution in [0.3, 0.4) is 0 Å². The number of amides is 1. The lowest BCUT2D eigenvalue weighted by Gasteiger charge is -2.41. The number of hydrogen-bond donors (Lipinski definition) is 1. The van der Waals surface area contributed by atoms with E-state index >= 15 is 0 Å². The zero-order valence-electron chi connectivity index (χ0n) is 12.9. The summed E-state index contributed by atoms with van der Waals surface area (Å²) in [6.45, 7) is 0.977. The Kier molecular flexibility index (Phi) is 4.65. The third-order valence-corrected chi connectivity index (χ3v) is 5.83. The van der Waals surface area contributed by atoms with Gasteiger partial charge in [-0.05, 0) is 50.4 Å². The number of hydrogen-bond acceptors (Lipinski definition) is 2. The first kappa shape index (κ1) is 14.4. The predicted octanol–water partition coefficient (Wildman–Crippen LogP) is 2.95. The molecule has 3 aliphatic rings. The van der Waals surface area contributed by atoms with Crippen molar-refractivity contribution in [3.05, 3.63) is 0 Å². The minimum atomic E-state index is 0.0979. The first-order valence-corrected chi connectivity index (χ1v) is 8.75. The van der Waals surface area contributed by atoms with Gasteiger partial charge in [0, 0.05) is 19.6 Å². The molecule has 1 N–H and O–H groups in total. The Morgan fingerprint density at radius 2 is 1.70 bits per heavy atom. The number of carbonyl (C=O) groups is 1. The van der Waals surface area contributed by atoms with Gasteiger partial charge in [-0.3, -0.25) is 4.79 Å². The minimum absolute atomic E-state index is 0.0979. The molecule has 0 aromatic carbocycles. The Labute approximate surface area is 123 Å². The minimum Gasteiger partial charge on any atom is -0.344 e. The molecule has 114 valence electrons. The number of carbonyl (C=O) groups excluding carboxylic acids is 1. The van der Waals surface area contributed by atoms with Crippen molar-refractivity contribution in [2.75, 3.05) is 13.6 Å². The van der Waals surface area contributed by atoms with Crippen LogP contribution in [0.2, 0.25) is 0 Å². The molecule has 20 heavy (non-hydrogen) atoms. The zero-order valence-corrected chi connectivity index (χ0v) is 12.9. The van der Waals surface area contributed by atoms with Gasteiger partial charge in [0.2, 0.25) is 5.91 Å². The molecule has 3 atom stereocenters. The van der Waals surface area contributed by atoms with Crippen LogP contribution in [0.25, 0.3) is 0 Å². The smallest absolute Gasteiger partial charge is 0.239 e. The normalized spacial score (nSPS) is 34.8. The quantitative estimate of drug-likeness (QED) is 0.861. The number of nitrogens with one attached hydrogen (secondary N) is 1. The van der Waals surface area contributed by atoms with Crippen LogP contribution in [0, 0.1) is 11.8 Å². The average Bonchev–Trinajstić information content (AvgIpc) is 2.99. The number of rotatable bonds is 3. The van der Waals surface area contributed by atoms with Crippen molar-refractivity contribution in [2.24, 2.45) is 11.8 Å². The first-order valence-electron chi connectivity index (χ1n) is 8.75. The molecule has 0 radical (unpaired) electrons. The van der Waals surface area contributed by atoms with E-state index in [0.717, 1.165) is 24.8 Å². The second-order valence-electron chi connectivity index (χ2n) is 7.32. The topological polar surface area (TPSA) is 32.3 Å². The van der Waals surface area contributed by atoms with Crippen LogP contribution in [-0.2, 0) is 4.79 Å². The molecular weight excluding hydrogens is 248 g/mol. The Balaban J connectivity index is 1.51. The average molecular weight is 278 g/mol. The molecule has 3 heteroatoms. The number of piperidine rings is 1. The van der Waals surface area contributed by atoms with Gasteiger partial charge in [-0.15, -0.1) is 0 Å². The SMILES string of the molecule is CN(CC1CCCC1)C(=O)C1CCC2CCCCC2N1. The highest BCUT2D eigenvalue weighted by molar-refractivity contribution is 5.81. The Morgan fingerprint density at radius 3 is 2.50 bits per heavy atom. The van der Waals surface area contributed by atoms with Crippen molar-refractivity contribution in [1.82, 2.24) is 10.2 Å². The van der Waals surface area contributed by atoms with E-state index in [2.05, 4.69) is 5.32 Å². The second kappa shape index (κ2) is 6.46. The van der Waals surface area contributed by atoms with E-state index in [4.69, 9.17) is 0 Å². The molecular formula is C17H30N2O. The molecule has 3 rings (SSSR count). The lowest BCUT2D eigenvalue weighted by atomic mass is 9.77. The van der Waals surface area contributed by atoms with E-state index in [1.807, 2.05) is 11.9 Å². The van der Waals surface area contributed by atoms with Crippen molar-refractivity contribution >= 4 is 5.91 Å². The maximum Gasteiger partial charge on any atom is 0.239 e. The molecule has 1 aliphatic heterocycles. The molecule has 2 aliphatic carbocycles. The lowest BCUT2D eigenvalue weighted by molar-refractivity contribution is -0.134. The van der Waals surface area contributed by atoms with Crippen LogP contribution in [0.4, 0.5) is 0 Å². The molecule has 0 spiro atoms. The van der Waals surface area contributed by atoms with Gasteiger partial charge in [-0.1, -0.05) is 25.7 Å². The highest BCUT2D eigenvalue weighted by atomic mass is 16.2. The molecule has 0 aromatic heterocycles. The summed E-state index contributed by atoms with van der Waals surface area (Å²) in [6.07, 6.45) is 13.0. The summed E-state index contributed by atoms with van der Waals surface area (Å²) in [5, 5.41) is 3.67. The maximum absolute atomic E-state index is 12.6. The molecule has 1 heterocycles. The molecule has 0 bridgehead atoms. The second-order valence-corrected chi connectivity index (χ2v) is 7.32. The van der Waals surface area contributed by atoms with Crippen molar-refractivity contribution in [2.45, 2.75) is 76.3 Å². The number of fused-ring (bicyclic) bond motifs is 1. The molecule has 2 saturated carbocycles. The van der Waals surface area contributed by atoms with Crippen LogP contribution in [0.5, 0.6) is 0 Å². The van der Waals surface area contributed by atoms with Gasteiger partial charge in [0.1, 0.15) is 0 Å². The van der Waals surface area contributed by atoms with Gasteiger partial charge in [0.25, 0.3) is 0 Å². The molecule has 3 nitrogen and oxygen atoms in total. The van der Waals surface area contributed by atoms with Crippen LogP contribution < -0.4 is 5.32 Å². The van der Waals surface area contributed by atoms with Gasteiger partial charge in [-0.25, -0.2) is 0 Å². The van der Waals surface area contributed by atoms with Crippen molar-refractivity contribution in [3.8, 4) is 0 Å². The molecule has 0 aromatic rings. The molecule has 1 amide bonds. The lowest BCUT2D eigenvalue weighted by Crippen LogP contribution is -2.55. The molecule has 3 fully saturated rings. The standard InChI is InChI=1S/C17H30N2O/c1-19(12-13-6-2-3-7-13)17(20)16-11-10-14-8-4-5-9-15(14)18-16/h13-16,18H,2-12H2,1H3. The van der Waals surface area contributed by atoms with Gasteiger partial charge in [0.05, 0.1) is 6.04 Å². The van der Waals surface area contributed by atoms with Crippen LogP contribution >= 0.6 is 0 Å². The fraction of sp³-hybridized carbons (Fsp3) is 0.941. The van der Waals surface area contributed by atoms with Crippen molar-refractivity contribution in [3.63, 3.8) is 0 Å². The van der Waals surface area contributed by atoms with E-state index in [1.54, 1.807) is 0 Å². The van der Waals surface area contributed by atoms with E-state index < -0.39 is 0 Å². The summed E-state index contributed by atoms with van der Waals surface area (Å²) in [7, 11) is 2.01. The van der Waals surface area contributed by atoms with Crippen LogP contribution in [0.15, 0.2) is 0 Å². The number of likely N-dealkylation sites (N-methyl/N-ethyl adjacent to an activating group) is 1. The summed E-state index contributed by atoms with van der Waals surface area (Å²) in [4.78, 5) is 14.6. The van der Waals surface area contributed by atoms with E-state index in [0.29, 0.717) is 11.9 Å². The van der Waals surface area contributed by atoms with Crippen molar-refractivity contribution in [1.29, 1.82) is 0 Å². The van der Waals surface area contributed by atoms with E-state index in [1.165, 1.54) is 57.8 Å². The van der Waals surface area contributed by atoms with Crippen molar-refractivity contribution < 1.29 is 4.79 Å². The van der Waals surface area contributed by atoms with E-state index in [-0.39, 0.29) is 6.04 Å². The monoisotopic (exact) mass is 278 g/mol. The highest BCUT2D eigenvalue weighted by Gasteiger charge is 2.35. The molecule has 3 unspecified atom stereocenters. The Bertz CT molecular complexity index is 338. The summed E-state index contributed by atoms with van der Waals surface area (Å²) in [5.41, 5.74) is 0. The fourth-order valence-corrected chi connectivity index (χ4v) is 4.63. The first-order chi connectivity index (χ1) is 9.74. The van der Waals surface area contributed by atoms with Gasteiger partial charge in [-0.2, -0.15) is 0 Å². The zero-order chi connectivity index (χ0) is 13.9. The summed E-state index contributed by atoms with van der Waals surface area (Å²) in [6, 6.07) is 0.715. The maximum atomic E-state index is 12.6. The third-order valence-electron chi connectivity index (χ3n) is 5.83. The van der Waals surface area contributed by atoms with Gasteiger partial charge >= 0.3 is 0 Å². The highest BCUT2D eigenvalue weighted by Crippen LogP contribution is 2.32. The summed E-state index contributed by atoms with van der Waals surface area (Å²) < 4.78 is 0. The summed E-state index contributed by atoms with van der Waals surface area (Å²) >= 11 is 0. The summed E-state index contributed by atoms with van der Waals surface area (Å²) in [5.74, 6) is 1.95. The number of nitrogens with zero attached hydrogens (tertiary/aromatic N) is 1. The van der Waals surface area contributed by atoms with E-state index in [9.17, 15) is 4.79 Å².